The number of amides is 3. The van der Waals surface area contributed by atoms with E-state index >= 15 is 0 Å². The lowest BCUT2D eigenvalue weighted by atomic mass is 9.78. The number of nitrogens with zero attached hydrogens (tertiary/aromatic N) is 4. The zero-order valence-electron chi connectivity index (χ0n) is 19.0. The topological polar surface area (TPSA) is 161 Å². The number of fused-ring (bicyclic) bond motifs is 1. The van der Waals surface area contributed by atoms with Crippen LogP contribution in [0.3, 0.4) is 0 Å². The molecular weight excluding hydrogens is 472 g/mol. The van der Waals surface area contributed by atoms with E-state index in [1.165, 1.54) is 30.3 Å². The van der Waals surface area contributed by atoms with Gasteiger partial charge in [0.25, 0.3) is 29.1 Å². The van der Waals surface area contributed by atoms with E-state index in [9.17, 15) is 39.4 Å². The predicted molar refractivity (Wildman–Crippen MR) is 123 cm³/mol. The first-order valence-corrected chi connectivity index (χ1v) is 11.0. The molecule has 3 amide bonds. The van der Waals surface area contributed by atoms with Crippen LogP contribution in [0.2, 0.25) is 0 Å². The van der Waals surface area contributed by atoms with E-state index < -0.39 is 63.0 Å². The molecule has 12 nitrogen and oxygen atoms in total. The average Bonchev–Trinajstić information content (AvgIpc) is 3.12. The molecule has 0 unspecified atom stereocenters. The summed E-state index contributed by atoms with van der Waals surface area (Å²) in [4.78, 5) is 74.3. The van der Waals surface area contributed by atoms with Gasteiger partial charge in [0.2, 0.25) is 0 Å². The Morgan fingerprint density at radius 1 is 1.00 bits per heavy atom. The average molecular weight is 492 g/mol. The summed E-state index contributed by atoms with van der Waals surface area (Å²) < 4.78 is 0. The summed E-state index contributed by atoms with van der Waals surface area (Å²) >= 11 is 0. The first-order chi connectivity index (χ1) is 17.1. The smallest absolute Gasteiger partial charge is 0.282 e. The van der Waals surface area contributed by atoms with Gasteiger partial charge in [-0.15, -0.1) is 0 Å². The minimum absolute atomic E-state index is 0.00694. The molecule has 0 aromatic heterocycles. The summed E-state index contributed by atoms with van der Waals surface area (Å²) in [5, 5.41) is 23.7. The van der Waals surface area contributed by atoms with Gasteiger partial charge in [0, 0.05) is 23.8 Å². The summed E-state index contributed by atoms with van der Waals surface area (Å²) in [6, 6.07) is 9.60. The first-order valence-electron chi connectivity index (χ1n) is 11.0. The Balaban J connectivity index is 1.74. The van der Waals surface area contributed by atoms with Gasteiger partial charge in [-0.05, 0) is 30.5 Å². The highest BCUT2D eigenvalue weighted by Gasteiger charge is 2.53. The van der Waals surface area contributed by atoms with Crippen molar-refractivity contribution >= 4 is 34.9 Å². The van der Waals surface area contributed by atoms with Crippen LogP contribution in [0.5, 0.6) is 0 Å². The zero-order chi connectivity index (χ0) is 26.1. The number of Topliss-reactive ketones (excluding diaryl/α,β-unsaturated/α-hetero) is 1. The van der Waals surface area contributed by atoms with Crippen molar-refractivity contribution in [2.75, 3.05) is 6.54 Å². The normalized spacial score (nSPS) is 20.7. The molecule has 2 aromatic carbocycles. The largest absolute Gasteiger partial charge is 0.292 e. The molecule has 4 rings (SSSR count). The van der Waals surface area contributed by atoms with Gasteiger partial charge in [0.05, 0.1) is 21.7 Å². The van der Waals surface area contributed by atoms with E-state index in [2.05, 4.69) is 0 Å². The van der Waals surface area contributed by atoms with Gasteiger partial charge in [0.1, 0.15) is 12.1 Å². The fraction of sp³-hybridized carbons (Fsp3) is 0.250. The van der Waals surface area contributed by atoms with Crippen LogP contribution in [0.25, 0.3) is 0 Å². The van der Waals surface area contributed by atoms with Crippen LogP contribution in [-0.4, -0.2) is 49.9 Å². The Labute approximate surface area is 204 Å². The molecule has 1 aliphatic heterocycles. The fourth-order valence-corrected chi connectivity index (χ4v) is 4.55. The van der Waals surface area contributed by atoms with Crippen molar-refractivity contribution in [3.8, 4) is 0 Å². The van der Waals surface area contributed by atoms with Crippen molar-refractivity contribution in [2.24, 2.45) is 17.8 Å². The number of ketones is 1. The van der Waals surface area contributed by atoms with E-state index in [4.69, 9.17) is 0 Å². The molecule has 0 radical (unpaired) electrons. The Hall–Kier alpha value is -4.74. The van der Waals surface area contributed by atoms with Crippen LogP contribution in [0, 0.1) is 38.0 Å². The number of nitro groups is 2. The highest BCUT2D eigenvalue weighted by atomic mass is 16.6. The number of non-ortho nitro benzene ring substituents is 1. The van der Waals surface area contributed by atoms with Gasteiger partial charge in [0.15, 0.2) is 5.78 Å². The Bertz CT molecular complexity index is 1320. The maximum Gasteiger partial charge on any atom is 0.282 e. The molecule has 0 N–H and O–H groups in total. The fourth-order valence-electron chi connectivity index (χ4n) is 4.55. The molecule has 1 aliphatic carbocycles. The van der Waals surface area contributed by atoms with E-state index in [1.54, 1.807) is 19.1 Å². The second-order valence-electron chi connectivity index (χ2n) is 8.51. The number of hydrogen-bond donors (Lipinski definition) is 0. The predicted octanol–water partition coefficient (Wildman–Crippen LogP) is 2.94. The quantitative estimate of drug-likeness (QED) is 0.187. The van der Waals surface area contributed by atoms with Gasteiger partial charge in [-0.2, -0.15) is 5.01 Å². The number of para-hydroxylation sites is 1. The Morgan fingerprint density at radius 2 is 1.67 bits per heavy atom. The molecular formula is C24H20N4O8. The molecule has 0 spiro atoms. The van der Waals surface area contributed by atoms with Crippen LogP contribution in [0.4, 0.5) is 11.4 Å². The third-order valence-electron chi connectivity index (χ3n) is 6.35. The monoisotopic (exact) mass is 492 g/mol. The number of hydrazine groups is 1. The van der Waals surface area contributed by atoms with Crippen LogP contribution in [-0.2, 0) is 9.59 Å². The second-order valence-corrected chi connectivity index (χ2v) is 8.51. The summed E-state index contributed by atoms with van der Waals surface area (Å²) in [7, 11) is 0. The minimum atomic E-state index is -1.07. The van der Waals surface area contributed by atoms with Crippen molar-refractivity contribution < 1.29 is 29.0 Å². The molecule has 184 valence electrons. The lowest BCUT2D eigenvalue weighted by Crippen LogP contribution is -2.52. The molecule has 0 saturated carbocycles. The maximum absolute atomic E-state index is 13.6. The van der Waals surface area contributed by atoms with Gasteiger partial charge >= 0.3 is 0 Å². The maximum atomic E-state index is 13.6. The van der Waals surface area contributed by atoms with Crippen LogP contribution >= 0.6 is 0 Å². The van der Waals surface area contributed by atoms with Crippen molar-refractivity contribution in [3.05, 3.63) is 92.0 Å². The summed E-state index contributed by atoms with van der Waals surface area (Å²) in [6.45, 7) is 0.972. The summed E-state index contributed by atoms with van der Waals surface area (Å²) in [6.07, 6.45) is 3.85. The molecule has 3 atom stereocenters. The lowest BCUT2D eigenvalue weighted by Gasteiger charge is -2.30. The number of benzene rings is 2. The summed E-state index contributed by atoms with van der Waals surface area (Å²) in [5.41, 5.74) is -1.22. The van der Waals surface area contributed by atoms with Gasteiger partial charge in [-0.3, -0.25) is 39.4 Å². The minimum Gasteiger partial charge on any atom is -0.292 e. The van der Waals surface area contributed by atoms with E-state index in [1.807, 2.05) is 0 Å². The van der Waals surface area contributed by atoms with Gasteiger partial charge in [-0.25, -0.2) is 5.01 Å². The second kappa shape index (κ2) is 9.49. The first kappa shape index (κ1) is 24.4. The van der Waals surface area contributed by atoms with Crippen molar-refractivity contribution in [1.82, 2.24) is 10.0 Å². The van der Waals surface area contributed by atoms with Crippen molar-refractivity contribution in [3.63, 3.8) is 0 Å². The Kier molecular flexibility index (Phi) is 6.43. The third kappa shape index (κ3) is 4.24. The number of nitro benzene ring substituents is 2. The number of carbonyl (C=O) groups excluding carboxylic acids is 4. The molecule has 12 heteroatoms. The number of carbonyl (C=O) groups is 4. The standard InChI is InChI=1S/C24H20N4O8/c1-14-5-4-7-18-21(14)24(32)26(23(18)31)25(22(30)17-6-2-3-8-19(17)28(35)36)13-20(29)15-9-11-16(12-10-15)27(33)34/h2-6,8-12,14,18,21H,7,13H2,1H3/t14-,18-,21-/m1/s1. The molecule has 0 bridgehead atoms. The SMILES string of the molecule is C[C@@H]1C=CC[C@H]2C(=O)N(N(CC(=O)c3ccc([N+](=O)[O-])cc3)C(=O)c3ccccc3[N+](=O)[O-])C(=O)[C@H]12. The number of rotatable bonds is 7. The van der Waals surface area contributed by atoms with E-state index in [-0.39, 0.29) is 23.6 Å². The molecule has 2 aliphatic rings. The highest BCUT2D eigenvalue weighted by molar-refractivity contribution is 6.10. The van der Waals surface area contributed by atoms with Gasteiger partial charge < -0.3 is 0 Å². The van der Waals surface area contributed by atoms with E-state index in [0.29, 0.717) is 10.0 Å². The van der Waals surface area contributed by atoms with E-state index in [0.717, 1.165) is 18.2 Å². The molecule has 36 heavy (non-hydrogen) atoms. The van der Waals surface area contributed by atoms with Crippen LogP contribution in [0.15, 0.2) is 60.7 Å². The summed E-state index contributed by atoms with van der Waals surface area (Å²) in [5.74, 6) is -4.91. The molecule has 1 heterocycles. The van der Waals surface area contributed by atoms with Crippen molar-refractivity contribution in [1.29, 1.82) is 0 Å². The molecule has 1 fully saturated rings. The van der Waals surface area contributed by atoms with Gasteiger partial charge in [-0.1, -0.05) is 31.2 Å². The third-order valence-corrected chi connectivity index (χ3v) is 6.35. The lowest BCUT2D eigenvalue weighted by molar-refractivity contribution is -0.385. The molecule has 2 aromatic rings. The van der Waals surface area contributed by atoms with Crippen LogP contribution in [0.1, 0.15) is 34.1 Å². The van der Waals surface area contributed by atoms with Crippen molar-refractivity contribution in [2.45, 2.75) is 13.3 Å². The molecule has 1 saturated heterocycles. The van der Waals surface area contributed by atoms with Crippen LogP contribution < -0.4 is 0 Å². The Morgan fingerprint density at radius 3 is 2.28 bits per heavy atom. The number of hydrogen-bond acceptors (Lipinski definition) is 8. The highest BCUT2D eigenvalue weighted by Crippen LogP contribution is 2.39. The zero-order valence-corrected chi connectivity index (χ0v) is 19.0. The number of imide groups is 1. The number of allylic oxidation sites excluding steroid dienone is 2.